The fraction of sp³-hybridized carbons (Fsp3) is 0.111. The van der Waals surface area contributed by atoms with E-state index in [0.717, 1.165) is 16.9 Å². The van der Waals surface area contributed by atoms with Gasteiger partial charge < -0.3 is 11.5 Å². The van der Waals surface area contributed by atoms with Crippen LogP contribution in [-0.2, 0) is 6.18 Å². The van der Waals surface area contributed by atoms with E-state index in [0.29, 0.717) is 0 Å². The number of nitrogens with zero attached hydrogens (tertiary/aromatic N) is 3. The number of halogens is 3. The Hall–Kier alpha value is -2.25. The Labute approximate surface area is 93.9 Å². The van der Waals surface area contributed by atoms with Gasteiger partial charge in [0.2, 0.25) is 0 Å². The van der Waals surface area contributed by atoms with Crippen molar-refractivity contribution in [1.29, 1.82) is 0 Å². The Morgan fingerprint density at radius 3 is 2.41 bits per heavy atom. The van der Waals surface area contributed by atoms with Crippen molar-refractivity contribution in [1.82, 2.24) is 14.8 Å². The molecule has 2 rings (SSSR count). The summed E-state index contributed by atoms with van der Waals surface area (Å²) in [6, 6.07) is 2.21. The molecule has 0 aromatic carbocycles. The third-order valence-electron chi connectivity index (χ3n) is 2.07. The van der Waals surface area contributed by atoms with Gasteiger partial charge in [-0.15, -0.1) is 0 Å². The summed E-state index contributed by atoms with van der Waals surface area (Å²) >= 11 is 0. The van der Waals surface area contributed by atoms with Crippen molar-refractivity contribution in [3.8, 4) is 5.82 Å². The molecule has 17 heavy (non-hydrogen) atoms. The highest BCUT2D eigenvalue weighted by atomic mass is 19.4. The highest BCUT2D eigenvalue weighted by molar-refractivity contribution is 5.63. The summed E-state index contributed by atoms with van der Waals surface area (Å²) in [6.07, 6.45) is -2.06. The summed E-state index contributed by atoms with van der Waals surface area (Å²) in [5.74, 6) is 0.173. The molecule has 0 saturated carbocycles. The predicted octanol–water partition coefficient (Wildman–Crippen LogP) is 1.45. The molecular formula is C9H8F3N5. The average Bonchev–Trinajstić information content (AvgIpc) is 2.70. The molecule has 2 aromatic heterocycles. The fourth-order valence-electron chi connectivity index (χ4n) is 1.20. The van der Waals surface area contributed by atoms with E-state index in [1.54, 1.807) is 0 Å². The van der Waals surface area contributed by atoms with E-state index < -0.39 is 11.9 Å². The van der Waals surface area contributed by atoms with Gasteiger partial charge in [-0.25, -0.2) is 9.67 Å². The molecule has 8 heteroatoms. The number of hydrogen-bond donors (Lipinski definition) is 2. The van der Waals surface area contributed by atoms with Gasteiger partial charge in [0, 0.05) is 12.3 Å². The van der Waals surface area contributed by atoms with Crippen LogP contribution in [-0.4, -0.2) is 14.8 Å². The molecule has 0 unspecified atom stereocenters. The third kappa shape index (κ3) is 2.14. The molecule has 0 spiro atoms. The summed E-state index contributed by atoms with van der Waals surface area (Å²) < 4.78 is 37.9. The number of rotatable bonds is 1. The van der Waals surface area contributed by atoms with E-state index in [9.17, 15) is 13.2 Å². The van der Waals surface area contributed by atoms with Crippen molar-refractivity contribution in [3.05, 3.63) is 30.2 Å². The van der Waals surface area contributed by atoms with Gasteiger partial charge in [0.25, 0.3) is 0 Å². The zero-order valence-corrected chi connectivity index (χ0v) is 8.44. The second-order valence-corrected chi connectivity index (χ2v) is 3.31. The van der Waals surface area contributed by atoms with Crippen LogP contribution in [0.3, 0.4) is 0 Å². The topological polar surface area (TPSA) is 82.8 Å². The second kappa shape index (κ2) is 3.65. The smallest absolute Gasteiger partial charge is 0.397 e. The third-order valence-corrected chi connectivity index (χ3v) is 2.07. The number of alkyl halides is 3. The van der Waals surface area contributed by atoms with Crippen molar-refractivity contribution >= 4 is 11.4 Å². The quantitative estimate of drug-likeness (QED) is 0.794. The normalized spacial score (nSPS) is 11.7. The van der Waals surface area contributed by atoms with E-state index in [2.05, 4.69) is 10.1 Å². The molecule has 90 valence electrons. The first kappa shape index (κ1) is 11.2. The molecule has 2 heterocycles. The van der Waals surface area contributed by atoms with Gasteiger partial charge in [0.1, 0.15) is 0 Å². The zero-order chi connectivity index (χ0) is 12.6. The van der Waals surface area contributed by atoms with E-state index in [-0.39, 0.29) is 17.2 Å². The molecule has 0 saturated heterocycles. The first-order chi connectivity index (χ1) is 7.88. The molecule has 0 aliphatic heterocycles. The molecule has 0 bridgehead atoms. The van der Waals surface area contributed by atoms with Crippen LogP contribution in [0.15, 0.2) is 24.5 Å². The van der Waals surface area contributed by atoms with Gasteiger partial charge in [0.05, 0.1) is 17.6 Å². The van der Waals surface area contributed by atoms with Crippen molar-refractivity contribution in [2.75, 3.05) is 11.5 Å². The maximum atomic E-state index is 12.3. The van der Waals surface area contributed by atoms with E-state index in [4.69, 9.17) is 11.5 Å². The Balaban J connectivity index is 2.40. The van der Waals surface area contributed by atoms with Crippen LogP contribution >= 0.6 is 0 Å². The molecular weight excluding hydrogens is 235 g/mol. The van der Waals surface area contributed by atoms with Gasteiger partial charge in [-0.2, -0.15) is 18.3 Å². The van der Waals surface area contributed by atoms with Crippen LogP contribution in [0.5, 0.6) is 0 Å². The van der Waals surface area contributed by atoms with Crippen molar-refractivity contribution < 1.29 is 13.2 Å². The lowest BCUT2D eigenvalue weighted by atomic mass is 10.3. The molecule has 0 radical (unpaired) electrons. The minimum atomic E-state index is -4.48. The van der Waals surface area contributed by atoms with Crippen LogP contribution in [0.4, 0.5) is 24.5 Å². The largest absolute Gasteiger partial charge is 0.435 e. The molecule has 2 aromatic rings. The van der Waals surface area contributed by atoms with Crippen LogP contribution in [0, 0.1) is 0 Å². The zero-order valence-electron chi connectivity index (χ0n) is 8.44. The maximum Gasteiger partial charge on any atom is 0.435 e. The molecule has 0 fully saturated rings. The Morgan fingerprint density at radius 2 is 1.88 bits per heavy atom. The van der Waals surface area contributed by atoms with Gasteiger partial charge >= 0.3 is 6.18 Å². The molecule has 5 nitrogen and oxygen atoms in total. The lowest BCUT2D eigenvalue weighted by Gasteiger charge is -2.04. The Morgan fingerprint density at radius 1 is 1.18 bits per heavy atom. The first-order valence-corrected chi connectivity index (χ1v) is 4.52. The van der Waals surface area contributed by atoms with Gasteiger partial charge in [-0.3, -0.25) is 0 Å². The second-order valence-electron chi connectivity index (χ2n) is 3.31. The number of hydrogen-bond acceptors (Lipinski definition) is 4. The van der Waals surface area contributed by atoms with Crippen LogP contribution in [0.2, 0.25) is 0 Å². The van der Waals surface area contributed by atoms with E-state index in [1.165, 1.54) is 12.3 Å². The molecule has 0 amide bonds. The number of anilines is 2. The lowest BCUT2D eigenvalue weighted by Crippen LogP contribution is -2.08. The summed E-state index contributed by atoms with van der Waals surface area (Å²) in [7, 11) is 0. The summed E-state index contributed by atoms with van der Waals surface area (Å²) in [5, 5.41) is 3.36. The Bertz CT molecular complexity index is 546. The Kier molecular flexibility index (Phi) is 2.41. The van der Waals surface area contributed by atoms with Crippen LogP contribution < -0.4 is 11.5 Å². The highest BCUT2D eigenvalue weighted by Gasteiger charge is 2.33. The summed E-state index contributed by atoms with van der Waals surface area (Å²) in [4.78, 5) is 3.83. The van der Waals surface area contributed by atoms with Crippen LogP contribution in [0.1, 0.15) is 5.69 Å². The molecule has 0 aliphatic rings. The van der Waals surface area contributed by atoms with Crippen molar-refractivity contribution in [2.24, 2.45) is 0 Å². The number of nitrogens with two attached hydrogens (primary N) is 2. The van der Waals surface area contributed by atoms with E-state index in [1.807, 2.05) is 0 Å². The van der Waals surface area contributed by atoms with Gasteiger partial charge in [0.15, 0.2) is 11.5 Å². The average molecular weight is 243 g/mol. The number of pyridine rings is 1. The van der Waals surface area contributed by atoms with Crippen molar-refractivity contribution in [3.63, 3.8) is 0 Å². The number of nitrogen functional groups attached to an aromatic ring is 2. The predicted molar refractivity (Wildman–Crippen MR) is 55.2 cm³/mol. The molecule has 4 N–H and O–H groups in total. The first-order valence-electron chi connectivity index (χ1n) is 4.52. The highest BCUT2D eigenvalue weighted by Crippen LogP contribution is 2.28. The molecule has 0 atom stereocenters. The number of aromatic nitrogens is 3. The minimum absolute atomic E-state index is 0.173. The standard InChI is InChI=1S/C9H8F3N5/c10-9(11,12)7-1-2-17(16-7)8-3-5(13)6(14)4-15-8/h1-4H,14H2,(H2,13,15). The monoisotopic (exact) mass is 243 g/mol. The van der Waals surface area contributed by atoms with Gasteiger partial charge in [-0.1, -0.05) is 0 Å². The molecule has 0 aliphatic carbocycles. The van der Waals surface area contributed by atoms with E-state index >= 15 is 0 Å². The van der Waals surface area contributed by atoms with Gasteiger partial charge in [-0.05, 0) is 6.07 Å². The summed E-state index contributed by atoms with van der Waals surface area (Å²) in [6.45, 7) is 0. The SMILES string of the molecule is Nc1cnc(-n2ccc(C(F)(F)F)n2)cc1N. The van der Waals surface area contributed by atoms with Crippen LogP contribution in [0.25, 0.3) is 5.82 Å². The maximum absolute atomic E-state index is 12.3. The fourth-order valence-corrected chi connectivity index (χ4v) is 1.20. The van der Waals surface area contributed by atoms with Crippen molar-refractivity contribution in [2.45, 2.75) is 6.18 Å². The minimum Gasteiger partial charge on any atom is -0.397 e. The summed E-state index contributed by atoms with van der Waals surface area (Å²) in [5.41, 5.74) is 10.5. The lowest BCUT2D eigenvalue weighted by molar-refractivity contribution is -0.141.